The highest BCUT2D eigenvalue weighted by Crippen LogP contribution is 2.17. The molecule has 0 aliphatic heterocycles. The summed E-state index contributed by atoms with van der Waals surface area (Å²) in [5.74, 6) is -1.00. The van der Waals surface area contributed by atoms with Crippen LogP contribution in [0.3, 0.4) is 0 Å². The molecule has 6 nitrogen and oxygen atoms in total. The SMILES string of the molecule is O=C(O)c1cncc2c1cnn2CCOCc1ccccc1. The number of hydrogen-bond donors (Lipinski definition) is 1. The predicted molar refractivity (Wildman–Crippen MR) is 80.6 cm³/mol. The first-order valence-corrected chi connectivity index (χ1v) is 6.90. The molecule has 0 radical (unpaired) electrons. The van der Waals surface area contributed by atoms with E-state index in [1.54, 1.807) is 17.1 Å². The zero-order valence-corrected chi connectivity index (χ0v) is 11.8. The summed E-state index contributed by atoms with van der Waals surface area (Å²) in [6, 6.07) is 9.92. The summed E-state index contributed by atoms with van der Waals surface area (Å²) < 4.78 is 7.33. The van der Waals surface area contributed by atoms with Crippen molar-refractivity contribution in [2.75, 3.05) is 6.61 Å². The van der Waals surface area contributed by atoms with E-state index in [1.165, 1.54) is 6.20 Å². The molecule has 0 unspecified atom stereocenters. The van der Waals surface area contributed by atoms with Gasteiger partial charge in [-0.1, -0.05) is 30.3 Å². The molecule has 2 heterocycles. The molecule has 0 bridgehead atoms. The first kappa shape index (κ1) is 14.2. The molecular weight excluding hydrogens is 282 g/mol. The van der Waals surface area contributed by atoms with Crippen molar-refractivity contribution in [3.05, 3.63) is 60.0 Å². The third-order valence-electron chi connectivity index (χ3n) is 3.36. The van der Waals surface area contributed by atoms with Gasteiger partial charge in [0, 0.05) is 11.6 Å². The van der Waals surface area contributed by atoms with Crippen LogP contribution in [0, 0.1) is 0 Å². The van der Waals surface area contributed by atoms with Crippen LogP contribution in [0.2, 0.25) is 0 Å². The van der Waals surface area contributed by atoms with Gasteiger partial charge in [0.05, 0.1) is 43.2 Å². The highest BCUT2D eigenvalue weighted by atomic mass is 16.5. The summed E-state index contributed by atoms with van der Waals surface area (Å²) >= 11 is 0. The van der Waals surface area contributed by atoms with E-state index in [4.69, 9.17) is 9.84 Å². The van der Waals surface area contributed by atoms with E-state index in [2.05, 4.69) is 10.1 Å². The van der Waals surface area contributed by atoms with E-state index < -0.39 is 5.97 Å². The Balaban J connectivity index is 1.65. The first-order valence-electron chi connectivity index (χ1n) is 6.90. The minimum absolute atomic E-state index is 0.161. The van der Waals surface area contributed by atoms with Gasteiger partial charge in [0.15, 0.2) is 0 Å². The molecule has 6 heteroatoms. The van der Waals surface area contributed by atoms with Gasteiger partial charge < -0.3 is 9.84 Å². The van der Waals surface area contributed by atoms with Crippen LogP contribution in [0.25, 0.3) is 10.9 Å². The number of carbonyl (C=O) groups is 1. The number of aromatic nitrogens is 3. The summed E-state index contributed by atoms with van der Waals surface area (Å²) in [5.41, 5.74) is 1.97. The van der Waals surface area contributed by atoms with Gasteiger partial charge in [-0.15, -0.1) is 0 Å². The molecule has 0 saturated heterocycles. The van der Waals surface area contributed by atoms with Crippen molar-refractivity contribution in [1.29, 1.82) is 0 Å². The summed E-state index contributed by atoms with van der Waals surface area (Å²) in [6.45, 7) is 1.57. The van der Waals surface area contributed by atoms with Crippen LogP contribution in [-0.2, 0) is 17.9 Å². The molecule has 1 aromatic carbocycles. The minimum Gasteiger partial charge on any atom is -0.478 e. The molecule has 3 rings (SSSR count). The number of carboxylic acid groups (broad SMARTS) is 1. The van der Waals surface area contributed by atoms with Gasteiger partial charge in [-0.25, -0.2) is 4.79 Å². The molecule has 0 atom stereocenters. The summed E-state index contributed by atoms with van der Waals surface area (Å²) in [7, 11) is 0. The Bertz CT molecular complexity index is 784. The standard InChI is InChI=1S/C16H15N3O3/c20-16(21)14-8-17-10-15-13(14)9-18-19(15)6-7-22-11-12-4-2-1-3-5-12/h1-5,8-10H,6-7,11H2,(H,20,21). The fraction of sp³-hybridized carbons (Fsp3) is 0.188. The fourth-order valence-corrected chi connectivity index (χ4v) is 2.25. The first-order chi connectivity index (χ1) is 10.8. The van der Waals surface area contributed by atoms with Gasteiger partial charge in [0.25, 0.3) is 0 Å². The van der Waals surface area contributed by atoms with Gasteiger partial charge >= 0.3 is 5.97 Å². The molecule has 0 saturated carbocycles. The molecule has 1 N–H and O–H groups in total. The van der Waals surface area contributed by atoms with Crippen molar-refractivity contribution in [3.63, 3.8) is 0 Å². The van der Waals surface area contributed by atoms with Gasteiger partial charge in [0.2, 0.25) is 0 Å². The van der Waals surface area contributed by atoms with Crippen LogP contribution >= 0.6 is 0 Å². The lowest BCUT2D eigenvalue weighted by Crippen LogP contribution is -2.07. The smallest absolute Gasteiger partial charge is 0.338 e. The lowest BCUT2D eigenvalue weighted by Gasteiger charge is -2.06. The highest BCUT2D eigenvalue weighted by Gasteiger charge is 2.12. The molecule has 22 heavy (non-hydrogen) atoms. The molecular formula is C16H15N3O3. The second-order valence-electron chi connectivity index (χ2n) is 4.83. The molecule has 2 aromatic heterocycles. The number of pyridine rings is 1. The van der Waals surface area contributed by atoms with E-state index in [0.717, 1.165) is 5.56 Å². The maximum atomic E-state index is 11.1. The van der Waals surface area contributed by atoms with Crippen LogP contribution in [0.15, 0.2) is 48.9 Å². The molecule has 0 fully saturated rings. The van der Waals surface area contributed by atoms with Crippen LogP contribution in [0.5, 0.6) is 0 Å². The van der Waals surface area contributed by atoms with E-state index in [-0.39, 0.29) is 5.56 Å². The largest absolute Gasteiger partial charge is 0.478 e. The summed E-state index contributed by atoms with van der Waals surface area (Å²) in [5, 5.41) is 13.9. The third kappa shape index (κ3) is 2.96. The van der Waals surface area contributed by atoms with Gasteiger partial charge in [-0.05, 0) is 5.56 Å². The van der Waals surface area contributed by atoms with Crippen LogP contribution in [0.1, 0.15) is 15.9 Å². The number of fused-ring (bicyclic) bond motifs is 1. The van der Waals surface area contributed by atoms with E-state index in [9.17, 15) is 4.79 Å². The summed E-state index contributed by atoms with van der Waals surface area (Å²) in [6.07, 6.45) is 4.51. The maximum absolute atomic E-state index is 11.1. The van der Waals surface area contributed by atoms with Crippen molar-refractivity contribution in [3.8, 4) is 0 Å². The number of rotatable bonds is 6. The second-order valence-corrected chi connectivity index (χ2v) is 4.83. The van der Waals surface area contributed by atoms with Crippen LogP contribution < -0.4 is 0 Å². The van der Waals surface area contributed by atoms with E-state index in [0.29, 0.717) is 30.7 Å². The Morgan fingerprint density at radius 1 is 1.18 bits per heavy atom. The van der Waals surface area contributed by atoms with Gasteiger partial charge in [0.1, 0.15) is 0 Å². The normalized spacial score (nSPS) is 10.9. The zero-order valence-electron chi connectivity index (χ0n) is 11.8. The third-order valence-corrected chi connectivity index (χ3v) is 3.36. The lowest BCUT2D eigenvalue weighted by atomic mass is 10.2. The highest BCUT2D eigenvalue weighted by molar-refractivity contribution is 6.01. The molecule has 0 aliphatic carbocycles. The summed E-state index contributed by atoms with van der Waals surface area (Å²) in [4.78, 5) is 15.1. The van der Waals surface area contributed by atoms with E-state index in [1.807, 2.05) is 30.3 Å². The van der Waals surface area contributed by atoms with Crippen LogP contribution in [-0.4, -0.2) is 32.4 Å². The van der Waals surface area contributed by atoms with Crippen molar-refractivity contribution in [2.24, 2.45) is 0 Å². The zero-order chi connectivity index (χ0) is 15.4. The lowest BCUT2D eigenvalue weighted by molar-refractivity contribution is 0.0698. The Kier molecular flexibility index (Phi) is 4.11. The number of carboxylic acids is 1. The minimum atomic E-state index is -1.00. The van der Waals surface area contributed by atoms with Crippen molar-refractivity contribution < 1.29 is 14.6 Å². The average molecular weight is 297 g/mol. The monoisotopic (exact) mass is 297 g/mol. The number of nitrogens with zero attached hydrogens (tertiary/aromatic N) is 3. The van der Waals surface area contributed by atoms with E-state index >= 15 is 0 Å². The predicted octanol–water partition coefficient (Wildman–Crippen LogP) is 2.35. The van der Waals surface area contributed by atoms with Gasteiger partial charge in [-0.3, -0.25) is 9.67 Å². The Morgan fingerprint density at radius 3 is 2.77 bits per heavy atom. The van der Waals surface area contributed by atoms with Crippen molar-refractivity contribution in [2.45, 2.75) is 13.2 Å². The second kappa shape index (κ2) is 6.36. The average Bonchev–Trinajstić information content (AvgIpc) is 2.95. The number of hydrogen-bond acceptors (Lipinski definition) is 4. The Labute approximate surface area is 127 Å². The Morgan fingerprint density at radius 2 is 2.00 bits per heavy atom. The van der Waals surface area contributed by atoms with Crippen LogP contribution in [0.4, 0.5) is 0 Å². The fourth-order valence-electron chi connectivity index (χ4n) is 2.25. The molecule has 0 aliphatic rings. The van der Waals surface area contributed by atoms with Crippen molar-refractivity contribution >= 4 is 16.9 Å². The topological polar surface area (TPSA) is 77.2 Å². The van der Waals surface area contributed by atoms with Crippen molar-refractivity contribution in [1.82, 2.24) is 14.8 Å². The van der Waals surface area contributed by atoms with Gasteiger partial charge in [-0.2, -0.15) is 5.10 Å². The number of aromatic carboxylic acids is 1. The number of benzene rings is 1. The molecule has 0 amide bonds. The molecule has 112 valence electrons. The molecule has 3 aromatic rings. The molecule has 0 spiro atoms. The maximum Gasteiger partial charge on any atom is 0.338 e. The number of ether oxygens (including phenoxy) is 1. The Hall–Kier alpha value is -2.73. The quantitative estimate of drug-likeness (QED) is 0.707.